The molecule has 104 valence electrons. The van der Waals surface area contributed by atoms with Crippen molar-refractivity contribution in [1.82, 2.24) is 4.90 Å². The van der Waals surface area contributed by atoms with Crippen molar-refractivity contribution < 1.29 is 14.6 Å². The van der Waals surface area contributed by atoms with Crippen molar-refractivity contribution in [3.05, 3.63) is 0 Å². The number of hydrogen-bond donors (Lipinski definition) is 1. The van der Waals surface area contributed by atoms with E-state index in [1.165, 1.54) is 0 Å². The zero-order valence-corrected chi connectivity index (χ0v) is 11.7. The molecule has 1 spiro atoms. The molecule has 1 amide bonds. The molecule has 2 fully saturated rings. The molecule has 1 heterocycles. The molecular formula is C14H25NO3. The lowest BCUT2D eigenvalue weighted by Crippen LogP contribution is -2.47. The lowest BCUT2D eigenvalue weighted by Gasteiger charge is -2.40. The number of carbonyl (C=O) groups is 1. The number of ether oxygens (including phenoxy) is 1. The number of nitrogens with zero attached hydrogens (tertiary/aromatic N) is 1. The number of piperidine rings is 1. The quantitative estimate of drug-likeness (QED) is 0.723. The summed E-state index contributed by atoms with van der Waals surface area (Å²) in [6.07, 6.45) is 4.52. The first kappa shape index (κ1) is 13.7. The highest BCUT2D eigenvalue weighted by molar-refractivity contribution is 5.68. The lowest BCUT2D eigenvalue weighted by atomic mass is 9.78. The molecule has 0 aromatic carbocycles. The second-order valence-electron chi connectivity index (χ2n) is 6.90. The minimum atomic E-state index is -0.434. The second kappa shape index (κ2) is 4.72. The Morgan fingerprint density at radius 1 is 1.39 bits per heavy atom. The van der Waals surface area contributed by atoms with Crippen molar-refractivity contribution in [3.8, 4) is 0 Å². The molecule has 0 unspecified atom stereocenters. The Morgan fingerprint density at radius 2 is 2.11 bits per heavy atom. The maximum absolute atomic E-state index is 12.1. The van der Waals surface area contributed by atoms with Gasteiger partial charge in [-0.15, -0.1) is 0 Å². The zero-order chi connectivity index (χ0) is 13.4. The van der Waals surface area contributed by atoms with Crippen LogP contribution < -0.4 is 0 Å². The van der Waals surface area contributed by atoms with Gasteiger partial charge in [-0.05, 0) is 58.3 Å². The average Bonchev–Trinajstić information content (AvgIpc) is 2.57. The number of hydrogen-bond acceptors (Lipinski definition) is 3. The molecule has 0 bridgehead atoms. The summed E-state index contributed by atoms with van der Waals surface area (Å²) < 4.78 is 5.43. The Hall–Kier alpha value is -0.770. The maximum Gasteiger partial charge on any atom is 0.410 e. The molecule has 1 aliphatic carbocycles. The van der Waals surface area contributed by atoms with Crippen LogP contribution in [0.15, 0.2) is 0 Å². The summed E-state index contributed by atoms with van der Waals surface area (Å²) in [5.41, 5.74) is -0.286. The van der Waals surface area contributed by atoms with Gasteiger partial charge >= 0.3 is 6.09 Å². The molecule has 1 saturated carbocycles. The Kier molecular flexibility index (Phi) is 3.58. The topological polar surface area (TPSA) is 49.8 Å². The summed E-state index contributed by atoms with van der Waals surface area (Å²) in [5.74, 6) is 0. The first-order valence-electron chi connectivity index (χ1n) is 6.96. The molecule has 18 heavy (non-hydrogen) atoms. The fourth-order valence-electron chi connectivity index (χ4n) is 3.24. The Labute approximate surface area is 109 Å². The largest absolute Gasteiger partial charge is 0.444 e. The maximum atomic E-state index is 12.1. The van der Waals surface area contributed by atoms with Crippen molar-refractivity contribution in [2.75, 3.05) is 13.1 Å². The third kappa shape index (κ3) is 3.16. The van der Waals surface area contributed by atoms with E-state index in [0.717, 1.165) is 45.2 Å². The van der Waals surface area contributed by atoms with Crippen LogP contribution in [0.1, 0.15) is 52.9 Å². The molecular weight excluding hydrogens is 230 g/mol. The highest BCUT2D eigenvalue weighted by atomic mass is 16.6. The van der Waals surface area contributed by atoms with Gasteiger partial charge < -0.3 is 14.7 Å². The third-order valence-corrected chi connectivity index (χ3v) is 3.99. The van der Waals surface area contributed by atoms with Crippen molar-refractivity contribution >= 4 is 6.09 Å². The van der Waals surface area contributed by atoms with Crippen LogP contribution >= 0.6 is 0 Å². The first-order valence-corrected chi connectivity index (χ1v) is 6.96. The van der Waals surface area contributed by atoms with E-state index < -0.39 is 5.60 Å². The Balaban J connectivity index is 1.97. The summed E-state index contributed by atoms with van der Waals surface area (Å²) >= 11 is 0. The molecule has 4 nitrogen and oxygen atoms in total. The van der Waals surface area contributed by atoms with Crippen molar-refractivity contribution in [1.29, 1.82) is 0 Å². The van der Waals surface area contributed by atoms with Crippen LogP contribution in [0.25, 0.3) is 0 Å². The van der Waals surface area contributed by atoms with Crippen LogP contribution in [0.2, 0.25) is 0 Å². The van der Waals surface area contributed by atoms with E-state index in [9.17, 15) is 9.90 Å². The molecule has 1 N–H and O–H groups in total. The predicted octanol–water partition coefficient (Wildman–Crippen LogP) is 2.55. The van der Waals surface area contributed by atoms with Crippen LogP contribution in [-0.4, -0.2) is 40.9 Å². The van der Waals surface area contributed by atoms with E-state index in [4.69, 9.17) is 4.74 Å². The standard InChI is InChI=1S/C14H25NO3/c1-13(2,3)18-12(17)15-8-4-6-14(10-15)7-5-11(16)9-14/h11,16H,4-10H2,1-3H3/t11-,14+/m0/s1. The lowest BCUT2D eigenvalue weighted by molar-refractivity contribution is 0.00279. The third-order valence-electron chi connectivity index (χ3n) is 3.99. The van der Waals surface area contributed by atoms with Gasteiger partial charge in [-0.3, -0.25) is 0 Å². The van der Waals surface area contributed by atoms with E-state index in [1.54, 1.807) is 0 Å². The summed E-state index contributed by atoms with van der Waals surface area (Å²) in [7, 11) is 0. The van der Waals surface area contributed by atoms with E-state index in [1.807, 2.05) is 25.7 Å². The van der Waals surface area contributed by atoms with E-state index in [2.05, 4.69) is 0 Å². The number of amides is 1. The molecule has 2 aliphatic rings. The fourth-order valence-corrected chi connectivity index (χ4v) is 3.24. The Bertz CT molecular complexity index is 319. The fraction of sp³-hybridized carbons (Fsp3) is 0.929. The molecule has 2 rings (SSSR count). The van der Waals surface area contributed by atoms with Gasteiger partial charge in [0.05, 0.1) is 6.10 Å². The predicted molar refractivity (Wildman–Crippen MR) is 69.3 cm³/mol. The molecule has 0 aromatic rings. The minimum absolute atomic E-state index is 0.147. The summed E-state index contributed by atoms with van der Waals surface area (Å²) in [6, 6.07) is 0. The molecule has 0 radical (unpaired) electrons. The summed E-state index contributed by atoms with van der Waals surface area (Å²) in [6.45, 7) is 7.21. The normalized spacial score (nSPS) is 32.9. The van der Waals surface area contributed by atoms with Crippen LogP contribution in [-0.2, 0) is 4.74 Å². The van der Waals surface area contributed by atoms with Gasteiger partial charge in [0, 0.05) is 13.1 Å². The number of aliphatic hydroxyl groups excluding tert-OH is 1. The number of carbonyl (C=O) groups excluding carboxylic acids is 1. The smallest absolute Gasteiger partial charge is 0.410 e. The average molecular weight is 255 g/mol. The monoisotopic (exact) mass is 255 g/mol. The highest BCUT2D eigenvalue weighted by Crippen LogP contribution is 2.45. The van der Waals surface area contributed by atoms with Gasteiger partial charge in [0.2, 0.25) is 0 Å². The van der Waals surface area contributed by atoms with Gasteiger partial charge in [-0.1, -0.05) is 0 Å². The highest BCUT2D eigenvalue weighted by Gasteiger charge is 2.43. The SMILES string of the molecule is CC(C)(C)OC(=O)N1CCC[C@]2(CC[C@H](O)C2)C1. The molecule has 0 aromatic heterocycles. The zero-order valence-electron chi connectivity index (χ0n) is 11.7. The van der Waals surface area contributed by atoms with E-state index in [0.29, 0.717) is 0 Å². The number of rotatable bonds is 0. The van der Waals surface area contributed by atoms with Crippen LogP contribution in [0, 0.1) is 5.41 Å². The van der Waals surface area contributed by atoms with Crippen molar-refractivity contribution in [3.63, 3.8) is 0 Å². The van der Waals surface area contributed by atoms with Crippen LogP contribution in [0.4, 0.5) is 4.79 Å². The molecule has 1 aliphatic heterocycles. The number of aliphatic hydroxyl groups is 1. The first-order chi connectivity index (χ1) is 8.30. The summed E-state index contributed by atoms with van der Waals surface area (Å²) in [5, 5.41) is 9.72. The van der Waals surface area contributed by atoms with Gasteiger partial charge in [-0.25, -0.2) is 4.79 Å². The van der Waals surface area contributed by atoms with Crippen LogP contribution in [0.5, 0.6) is 0 Å². The van der Waals surface area contributed by atoms with Gasteiger partial charge in [-0.2, -0.15) is 0 Å². The Morgan fingerprint density at radius 3 is 2.67 bits per heavy atom. The van der Waals surface area contributed by atoms with Gasteiger partial charge in [0.15, 0.2) is 0 Å². The van der Waals surface area contributed by atoms with E-state index >= 15 is 0 Å². The van der Waals surface area contributed by atoms with Crippen molar-refractivity contribution in [2.45, 2.75) is 64.6 Å². The van der Waals surface area contributed by atoms with Crippen LogP contribution in [0.3, 0.4) is 0 Å². The molecule has 2 atom stereocenters. The second-order valence-corrected chi connectivity index (χ2v) is 6.90. The van der Waals surface area contributed by atoms with Gasteiger partial charge in [0.25, 0.3) is 0 Å². The van der Waals surface area contributed by atoms with Crippen molar-refractivity contribution in [2.24, 2.45) is 5.41 Å². The molecule has 4 heteroatoms. The minimum Gasteiger partial charge on any atom is -0.444 e. The molecule has 1 saturated heterocycles. The summed E-state index contributed by atoms with van der Waals surface area (Å²) in [4.78, 5) is 13.9. The van der Waals surface area contributed by atoms with Gasteiger partial charge in [0.1, 0.15) is 5.60 Å². The van der Waals surface area contributed by atoms with E-state index in [-0.39, 0.29) is 17.6 Å². The number of likely N-dealkylation sites (tertiary alicyclic amines) is 1.